The van der Waals surface area contributed by atoms with E-state index in [2.05, 4.69) is 10.6 Å². The van der Waals surface area contributed by atoms with Crippen molar-refractivity contribution in [2.45, 2.75) is 69.2 Å². The van der Waals surface area contributed by atoms with Crippen molar-refractivity contribution < 1.29 is 33.0 Å². The summed E-state index contributed by atoms with van der Waals surface area (Å²) in [5, 5.41) is 26.0. The molecule has 2 unspecified atom stereocenters. The summed E-state index contributed by atoms with van der Waals surface area (Å²) >= 11 is 1.33. The molecule has 0 saturated carbocycles. The van der Waals surface area contributed by atoms with E-state index >= 15 is 0 Å². The van der Waals surface area contributed by atoms with Crippen LogP contribution in [0.5, 0.6) is 0 Å². The van der Waals surface area contributed by atoms with Gasteiger partial charge in [0.2, 0.25) is 15.9 Å². The number of benzene rings is 3. The lowest BCUT2D eigenvalue weighted by Crippen LogP contribution is -2.51. The first kappa shape index (κ1) is 38.7. The molecule has 0 bridgehead atoms. The van der Waals surface area contributed by atoms with Crippen LogP contribution in [0.3, 0.4) is 0 Å². The molecule has 1 heterocycles. The predicted octanol–water partition coefficient (Wildman–Crippen LogP) is 6.13. The van der Waals surface area contributed by atoms with Crippen LogP contribution in [0.25, 0.3) is 0 Å². The number of rotatable bonds is 17. The van der Waals surface area contributed by atoms with Crippen molar-refractivity contribution >= 4 is 33.4 Å². The van der Waals surface area contributed by atoms with Crippen LogP contribution >= 0.6 is 11.3 Å². The minimum atomic E-state index is -4.03. The van der Waals surface area contributed by atoms with E-state index in [4.69, 9.17) is 4.74 Å². The SMILES string of the molecule is CCC(NC(=O)[C@@H](NC(=O)OC)C(c1ccccc1)c1ccccc1)c1ccc(C(CO)N(CCC(C)C)S(=O)(=O)c2ccc(CO)cc2)s1. The molecule has 0 aliphatic rings. The Kier molecular flexibility index (Phi) is 14.1. The van der Waals surface area contributed by atoms with Crippen LogP contribution in [0, 0.1) is 5.92 Å². The number of alkyl carbamates (subject to hydrolysis) is 1. The number of carbonyl (C=O) groups excluding carboxylic acids is 2. The lowest BCUT2D eigenvalue weighted by Gasteiger charge is -2.30. The number of aliphatic hydroxyl groups excluding tert-OH is 2. The fourth-order valence-electron chi connectivity index (χ4n) is 5.81. The fourth-order valence-corrected chi connectivity index (χ4v) is 8.74. The smallest absolute Gasteiger partial charge is 0.407 e. The van der Waals surface area contributed by atoms with Crippen molar-refractivity contribution in [3.8, 4) is 0 Å². The van der Waals surface area contributed by atoms with Crippen molar-refractivity contribution in [2.24, 2.45) is 5.92 Å². The molecule has 0 fully saturated rings. The summed E-state index contributed by atoms with van der Waals surface area (Å²) in [6, 6.07) is 26.3. The Bertz CT molecular complexity index is 1730. The molecule has 268 valence electrons. The van der Waals surface area contributed by atoms with E-state index in [0.717, 1.165) is 16.0 Å². The molecule has 0 aliphatic heterocycles. The molecule has 3 atom stereocenters. The zero-order valence-corrected chi connectivity index (χ0v) is 30.5. The average molecular weight is 722 g/mol. The third-order valence-corrected chi connectivity index (χ3v) is 11.8. The third kappa shape index (κ3) is 9.58. The van der Waals surface area contributed by atoms with E-state index in [1.165, 1.54) is 34.9 Å². The van der Waals surface area contributed by atoms with E-state index < -0.39 is 52.7 Å². The van der Waals surface area contributed by atoms with E-state index in [1.807, 2.05) is 87.5 Å². The first-order valence-corrected chi connectivity index (χ1v) is 19.0. The van der Waals surface area contributed by atoms with E-state index in [1.54, 1.807) is 18.2 Å². The van der Waals surface area contributed by atoms with Gasteiger partial charge in [-0.2, -0.15) is 4.31 Å². The van der Waals surface area contributed by atoms with Gasteiger partial charge in [-0.05, 0) is 59.7 Å². The molecule has 0 saturated heterocycles. The number of thiophene rings is 1. The first-order valence-electron chi connectivity index (χ1n) is 16.7. The molecule has 4 N–H and O–H groups in total. The van der Waals surface area contributed by atoms with Crippen molar-refractivity contribution in [1.29, 1.82) is 0 Å². The zero-order chi connectivity index (χ0) is 36.3. The molecule has 0 radical (unpaired) electrons. The maximum atomic E-state index is 14.2. The van der Waals surface area contributed by atoms with Gasteiger partial charge < -0.3 is 25.6 Å². The number of amides is 2. The van der Waals surface area contributed by atoms with Crippen LogP contribution in [-0.2, 0) is 26.2 Å². The highest BCUT2D eigenvalue weighted by molar-refractivity contribution is 7.89. The van der Waals surface area contributed by atoms with E-state index in [9.17, 15) is 28.2 Å². The molecule has 0 aliphatic carbocycles. The van der Waals surface area contributed by atoms with E-state index in [-0.39, 0.29) is 24.0 Å². The van der Waals surface area contributed by atoms with Crippen molar-refractivity contribution in [1.82, 2.24) is 14.9 Å². The predicted molar refractivity (Wildman–Crippen MR) is 195 cm³/mol. The number of aliphatic hydroxyl groups is 2. The van der Waals surface area contributed by atoms with Gasteiger partial charge in [-0.15, -0.1) is 11.3 Å². The second kappa shape index (κ2) is 18.2. The molecule has 4 rings (SSSR count). The number of nitrogens with one attached hydrogen (secondary N) is 2. The summed E-state index contributed by atoms with van der Waals surface area (Å²) in [4.78, 5) is 28.3. The van der Waals surface area contributed by atoms with Gasteiger partial charge in [0.05, 0.1) is 37.3 Å². The van der Waals surface area contributed by atoms with Gasteiger partial charge in [0.25, 0.3) is 0 Å². The summed E-state index contributed by atoms with van der Waals surface area (Å²) in [5.74, 6) is -0.733. The molecule has 4 aromatic rings. The maximum absolute atomic E-state index is 14.2. The number of sulfonamides is 1. The number of methoxy groups -OCH3 is 1. The molecule has 2 amide bonds. The van der Waals surface area contributed by atoms with Gasteiger partial charge in [0, 0.05) is 22.2 Å². The van der Waals surface area contributed by atoms with Crippen LogP contribution in [0.2, 0.25) is 0 Å². The lowest BCUT2D eigenvalue weighted by molar-refractivity contribution is -0.124. The van der Waals surface area contributed by atoms with Crippen LogP contribution in [0.4, 0.5) is 4.79 Å². The second-order valence-corrected chi connectivity index (χ2v) is 15.5. The number of hydrogen-bond acceptors (Lipinski definition) is 8. The van der Waals surface area contributed by atoms with E-state index in [0.29, 0.717) is 23.3 Å². The Morgan fingerprint density at radius 3 is 1.92 bits per heavy atom. The zero-order valence-electron chi connectivity index (χ0n) is 28.9. The lowest BCUT2D eigenvalue weighted by atomic mass is 9.84. The summed E-state index contributed by atoms with van der Waals surface area (Å²) < 4.78 is 34.3. The molecular weight excluding hydrogens is 675 g/mol. The van der Waals surface area contributed by atoms with Gasteiger partial charge in [0.1, 0.15) is 6.04 Å². The molecular formula is C38H47N3O7S2. The quantitative estimate of drug-likeness (QED) is 0.103. The molecule has 50 heavy (non-hydrogen) atoms. The largest absolute Gasteiger partial charge is 0.453 e. The van der Waals surface area contributed by atoms with Gasteiger partial charge in [-0.3, -0.25) is 4.79 Å². The standard InChI is InChI=1S/C38H47N3O7S2/c1-5-31(39-37(44)36(40-38(45)48-4)35(28-12-8-6-9-13-28)29-14-10-7-11-15-29)33-20-21-34(49-33)32(25-43)41(23-22-26(2)3)50(46,47)30-18-16-27(24-42)17-19-30/h6-21,26,31-32,35-36,42-43H,5,22-25H2,1-4H3,(H,39,44)(H,40,45)/t31?,32?,36-/m0/s1. The minimum absolute atomic E-state index is 0.0721. The van der Waals surface area contributed by atoms with Crippen molar-refractivity contribution in [3.05, 3.63) is 124 Å². The van der Waals surface area contributed by atoms with Crippen molar-refractivity contribution in [3.63, 3.8) is 0 Å². The Balaban J connectivity index is 1.66. The molecule has 1 aromatic heterocycles. The summed E-state index contributed by atoms with van der Waals surface area (Å²) in [7, 11) is -2.78. The molecule has 3 aromatic carbocycles. The fraction of sp³-hybridized carbons (Fsp3) is 0.368. The maximum Gasteiger partial charge on any atom is 0.407 e. The van der Waals surface area contributed by atoms with Gasteiger partial charge >= 0.3 is 6.09 Å². The first-order chi connectivity index (χ1) is 24.0. The van der Waals surface area contributed by atoms with Gasteiger partial charge in [0.15, 0.2) is 0 Å². The number of carbonyl (C=O) groups is 2. The van der Waals surface area contributed by atoms with Crippen molar-refractivity contribution in [2.75, 3.05) is 20.3 Å². The molecule has 12 heteroatoms. The minimum Gasteiger partial charge on any atom is -0.453 e. The monoisotopic (exact) mass is 721 g/mol. The number of nitrogens with zero attached hydrogens (tertiary/aromatic N) is 1. The number of hydrogen-bond donors (Lipinski definition) is 4. The number of ether oxygens (including phenoxy) is 1. The highest BCUT2D eigenvalue weighted by atomic mass is 32.2. The van der Waals surface area contributed by atoms with Gasteiger partial charge in [-0.1, -0.05) is 93.6 Å². The normalized spacial score (nSPS) is 13.6. The third-order valence-electron chi connectivity index (χ3n) is 8.60. The Morgan fingerprint density at radius 2 is 1.42 bits per heavy atom. The van der Waals surface area contributed by atoms with Crippen LogP contribution in [0.1, 0.15) is 78.1 Å². The van der Waals surface area contributed by atoms with Crippen LogP contribution < -0.4 is 10.6 Å². The van der Waals surface area contributed by atoms with Crippen LogP contribution in [0.15, 0.2) is 102 Å². The second-order valence-electron chi connectivity index (χ2n) is 12.4. The Hall–Kier alpha value is -4.07. The summed E-state index contributed by atoms with van der Waals surface area (Å²) in [6.07, 6.45) is 0.344. The summed E-state index contributed by atoms with van der Waals surface area (Å²) in [5.41, 5.74) is 2.26. The highest BCUT2D eigenvalue weighted by Crippen LogP contribution is 2.36. The Labute approximate surface area is 299 Å². The topological polar surface area (TPSA) is 145 Å². The van der Waals surface area contributed by atoms with Crippen LogP contribution in [-0.4, -0.2) is 61.2 Å². The summed E-state index contributed by atoms with van der Waals surface area (Å²) in [6.45, 7) is 5.48. The molecule has 0 spiro atoms. The average Bonchev–Trinajstić information content (AvgIpc) is 3.62. The Morgan fingerprint density at radius 1 is 0.840 bits per heavy atom. The molecule has 10 nitrogen and oxygen atoms in total. The van der Waals surface area contributed by atoms with Gasteiger partial charge in [-0.25, -0.2) is 13.2 Å². The highest BCUT2D eigenvalue weighted by Gasteiger charge is 2.36.